The molecule has 0 unspecified atom stereocenters. The molecule has 96 valence electrons. The molecular formula is C11H14N4O3. The highest BCUT2D eigenvalue weighted by atomic mass is 16.6. The Morgan fingerprint density at radius 1 is 1.67 bits per heavy atom. The maximum absolute atomic E-state index is 10.8. The van der Waals surface area contributed by atoms with E-state index in [9.17, 15) is 10.1 Å². The van der Waals surface area contributed by atoms with Gasteiger partial charge in [-0.3, -0.25) is 10.1 Å². The van der Waals surface area contributed by atoms with Crippen molar-refractivity contribution in [1.82, 2.24) is 9.97 Å². The number of anilines is 1. The Labute approximate surface area is 105 Å². The zero-order valence-corrected chi connectivity index (χ0v) is 10.4. The van der Waals surface area contributed by atoms with Crippen LogP contribution in [-0.2, 0) is 0 Å². The number of hydrogen-bond acceptors (Lipinski definition) is 6. The number of hydrogen-bond donors (Lipinski definition) is 1. The van der Waals surface area contributed by atoms with Gasteiger partial charge in [0.2, 0.25) is 5.95 Å². The Balaban J connectivity index is 3.16. The zero-order valence-electron chi connectivity index (χ0n) is 10.4. The third kappa shape index (κ3) is 3.31. The highest BCUT2D eigenvalue weighted by Gasteiger charge is 2.25. The van der Waals surface area contributed by atoms with E-state index in [1.165, 1.54) is 0 Å². The summed E-state index contributed by atoms with van der Waals surface area (Å²) in [6.45, 7) is 5.68. The van der Waals surface area contributed by atoms with Crippen molar-refractivity contribution in [3.05, 3.63) is 16.3 Å². The Kier molecular flexibility index (Phi) is 4.05. The molecule has 1 rings (SSSR count). The number of nitrogens with one attached hydrogen (secondary N) is 1. The van der Waals surface area contributed by atoms with Gasteiger partial charge < -0.3 is 10.1 Å². The molecule has 0 aliphatic carbocycles. The molecule has 0 amide bonds. The van der Waals surface area contributed by atoms with Crippen LogP contribution in [0.2, 0.25) is 0 Å². The molecule has 0 spiro atoms. The molecule has 1 aromatic heterocycles. The van der Waals surface area contributed by atoms with Crippen LogP contribution in [0.1, 0.15) is 20.8 Å². The van der Waals surface area contributed by atoms with E-state index in [0.29, 0.717) is 6.54 Å². The first kappa shape index (κ1) is 13.7. The van der Waals surface area contributed by atoms with Crippen LogP contribution in [0.25, 0.3) is 0 Å². The summed E-state index contributed by atoms with van der Waals surface area (Å²) >= 11 is 0. The fourth-order valence-corrected chi connectivity index (χ4v) is 1.07. The summed E-state index contributed by atoms with van der Waals surface area (Å²) in [5.41, 5.74) is -1.30. The van der Waals surface area contributed by atoms with Crippen LogP contribution in [0.3, 0.4) is 0 Å². The molecule has 0 atom stereocenters. The molecule has 1 N–H and O–H groups in total. The van der Waals surface area contributed by atoms with E-state index in [1.54, 1.807) is 13.8 Å². The Bertz CT molecular complexity index is 494. The van der Waals surface area contributed by atoms with Crippen LogP contribution in [0.15, 0.2) is 6.20 Å². The largest absolute Gasteiger partial charge is 0.453 e. The predicted molar refractivity (Wildman–Crippen MR) is 66.4 cm³/mol. The maximum Gasteiger partial charge on any atom is 0.349 e. The molecule has 0 saturated heterocycles. The minimum Gasteiger partial charge on any atom is -0.453 e. The van der Waals surface area contributed by atoms with E-state index in [0.717, 1.165) is 6.20 Å². The molecule has 1 heterocycles. The third-order valence-corrected chi connectivity index (χ3v) is 1.97. The van der Waals surface area contributed by atoms with E-state index in [4.69, 9.17) is 11.2 Å². The molecule has 0 aliphatic heterocycles. The Morgan fingerprint density at radius 3 is 2.83 bits per heavy atom. The summed E-state index contributed by atoms with van der Waals surface area (Å²) in [5.74, 6) is 2.49. The lowest BCUT2D eigenvalue weighted by molar-refractivity contribution is -0.386. The number of ether oxygens (including phenoxy) is 1. The summed E-state index contributed by atoms with van der Waals surface area (Å²) in [6.07, 6.45) is 6.36. The van der Waals surface area contributed by atoms with Gasteiger partial charge in [0.05, 0.1) is 4.92 Å². The summed E-state index contributed by atoms with van der Waals surface area (Å²) in [5, 5.41) is 13.7. The highest BCUT2D eigenvalue weighted by molar-refractivity contribution is 5.43. The van der Waals surface area contributed by atoms with Crippen molar-refractivity contribution < 1.29 is 9.66 Å². The van der Waals surface area contributed by atoms with Crippen molar-refractivity contribution in [2.45, 2.75) is 26.4 Å². The smallest absolute Gasteiger partial charge is 0.349 e. The SMILES string of the molecule is C#CC(C)(C)Oc1nc(NCC)ncc1[N+](=O)[O-]. The van der Waals surface area contributed by atoms with Crippen molar-refractivity contribution in [3.63, 3.8) is 0 Å². The van der Waals surface area contributed by atoms with E-state index in [1.807, 2.05) is 6.92 Å². The third-order valence-electron chi connectivity index (χ3n) is 1.97. The van der Waals surface area contributed by atoms with Crippen LogP contribution < -0.4 is 10.1 Å². The lowest BCUT2D eigenvalue weighted by Crippen LogP contribution is -2.26. The fraction of sp³-hybridized carbons (Fsp3) is 0.455. The normalized spacial score (nSPS) is 10.6. The monoisotopic (exact) mass is 250 g/mol. The van der Waals surface area contributed by atoms with Gasteiger partial charge in [-0.05, 0) is 20.8 Å². The van der Waals surface area contributed by atoms with Crippen molar-refractivity contribution in [3.8, 4) is 18.2 Å². The van der Waals surface area contributed by atoms with Gasteiger partial charge in [0.25, 0.3) is 0 Å². The summed E-state index contributed by atoms with van der Waals surface area (Å²) in [6, 6.07) is 0. The summed E-state index contributed by atoms with van der Waals surface area (Å²) < 4.78 is 5.36. The number of nitrogens with zero attached hydrogens (tertiary/aromatic N) is 3. The first-order valence-corrected chi connectivity index (χ1v) is 5.31. The van der Waals surface area contributed by atoms with Gasteiger partial charge >= 0.3 is 11.6 Å². The standard InChI is InChI=1S/C11H14N4O3/c1-5-11(3,4)18-9-8(15(16)17)7-13-10(14-9)12-6-2/h1,7H,6H2,2-4H3,(H,12,13,14). The van der Waals surface area contributed by atoms with Crippen LogP contribution >= 0.6 is 0 Å². The number of aromatic nitrogens is 2. The molecule has 18 heavy (non-hydrogen) atoms. The molecule has 0 radical (unpaired) electrons. The van der Waals surface area contributed by atoms with Gasteiger partial charge in [-0.25, -0.2) is 4.98 Å². The first-order chi connectivity index (χ1) is 8.39. The second kappa shape index (κ2) is 5.31. The van der Waals surface area contributed by atoms with Crippen LogP contribution in [-0.4, -0.2) is 27.0 Å². The molecule has 1 aromatic rings. The Hall–Kier alpha value is -2.36. The van der Waals surface area contributed by atoms with Crippen molar-refractivity contribution in [1.29, 1.82) is 0 Å². The van der Waals surface area contributed by atoms with E-state index in [2.05, 4.69) is 21.2 Å². The van der Waals surface area contributed by atoms with E-state index >= 15 is 0 Å². The lowest BCUT2D eigenvalue weighted by atomic mass is 10.1. The van der Waals surface area contributed by atoms with E-state index < -0.39 is 10.5 Å². The highest BCUT2D eigenvalue weighted by Crippen LogP contribution is 2.27. The molecule has 0 fully saturated rings. The van der Waals surface area contributed by atoms with Gasteiger partial charge in [0.1, 0.15) is 6.20 Å². The average molecular weight is 250 g/mol. The molecule has 7 nitrogen and oxygen atoms in total. The minimum absolute atomic E-state index is 0.145. The zero-order chi connectivity index (χ0) is 13.8. The maximum atomic E-state index is 10.8. The number of nitro groups is 1. The van der Waals surface area contributed by atoms with Gasteiger partial charge in [-0.2, -0.15) is 4.98 Å². The quantitative estimate of drug-likeness (QED) is 0.485. The average Bonchev–Trinajstić information content (AvgIpc) is 2.29. The van der Waals surface area contributed by atoms with Gasteiger partial charge in [0, 0.05) is 6.54 Å². The van der Waals surface area contributed by atoms with Crippen molar-refractivity contribution in [2.75, 3.05) is 11.9 Å². The molecule has 0 aromatic carbocycles. The van der Waals surface area contributed by atoms with Gasteiger partial charge in [-0.15, -0.1) is 6.42 Å². The Morgan fingerprint density at radius 2 is 2.33 bits per heavy atom. The van der Waals surface area contributed by atoms with Crippen LogP contribution in [0, 0.1) is 22.5 Å². The first-order valence-electron chi connectivity index (χ1n) is 5.31. The van der Waals surface area contributed by atoms with Crippen molar-refractivity contribution >= 4 is 11.6 Å². The van der Waals surface area contributed by atoms with Gasteiger partial charge in [-0.1, -0.05) is 5.92 Å². The predicted octanol–water partition coefficient (Wildman–Crippen LogP) is 1.61. The second-order valence-electron chi connectivity index (χ2n) is 3.93. The van der Waals surface area contributed by atoms with Crippen LogP contribution in [0.4, 0.5) is 11.6 Å². The fourth-order valence-electron chi connectivity index (χ4n) is 1.07. The lowest BCUT2D eigenvalue weighted by Gasteiger charge is -2.19. The van der Waals surface area contributed by atoms with Crippen molar-refractivity contribution in [2.24, 2.45) is 0 Å². The minimum atomic E-state index is -0.984. The van der Waals surface area contributed by atoms with Crippen LogP contribution in [0.5, 0.6) is 5.88 Å². The molecule has 0 aliphatic rings. The number of rotatable bonds is 5. The molecule has 7 heteroatoms. The summed E-state index contributed by atoms with van der Waals surface area (Å²) in [4.78, 5) is 18.0. The number of terminal acetylenes is 1. The van der Waals surface area contributed by atoms with E-state index in [-0.39, 0.29) is 17.5 Å². The van der Waals surface area contributed by atoms with Gasteiger partial charge in [0.15, 0.2) is 5.60 Å². The molecular weight excluding hydrogens is 236 g/mol. The molecule has 0 saturated carbocycles. The second-order valence-corrected chi connectivity index (χ2v) is 3.93. The molecule has 0 bridgehead atoms. The summed E-state index contributed by atoms with van der Waals surface area (Å²) in [7, 11) is 0. The topological polar surface area (TPSA) is 90.2 Å².